The molecule has 1 saturated heterocycles. The van der Waals surface area contributed by atoms with E-state index >= 15 is 0 Å². The van der Waals surface area contributed by atoms with Crippen LogP contribution in [0.1, 0.15) is 0 Å². The molecule has 2 aromatic heterocycles. The van der Waals surface area contributed by atoms with Gasteiger partial charge in [-0.25, -0.2) is 18.4 Å². The number of pyridine rings is 1. The summed E-state index contributed by atoms with van der Waals surface area (Å²) in [5.74, 6) is 1.64. The van der Waals surface area contributed by atoms with Crippen molar-refractivity contribution in [3.05, 3.63) is 36.7 Å². The molecule has 0 N–H and O–H groups in total. The molecule has 0 aliphatic carbocycles. The predicted octanol–water partition coefficient (Wildman–Crippen LogP) is 1.57. The molecule has 32 heavy (non-hydrogen) atoms. The Morgan fingerprint density at radius 1 is 1.16 bits per heavy atom. The van der Waals surface area contributed by atoms with Gasteiger partial charge in [0, 0.05) is 31.0 Å². The van der Waals surface area contributed by atoms with E-state index in [1.54, 1.807) is 12.4 Å². The molecule has 0 bridgehead atoms. The van der Waals surface area contributed by atoms with Crippen LogP contribution in [-0.4, -0.2) is 73.1 Å². The van der Waals surface area contributed by atoms with Gasteiger partial charge in [-0.15, -0.1) is 0 Å². The van der Waals surface area contributed by atoms with E-state index in [2.05, 4.69) is 15.0 Å². The topological polar surface area (TPSA) is 113 Å². The predicted molar refractivity (Wildman–Crippen MR) is 121 cm³/mol. The largest absolute Gasteiger partial charge is 0.473 e. The highest BCUT2D eigenvalue weighted by atomic mass is 32.2. The normalized spacial score (nSPS) is 18.3. The number of fused-ring (bicyclic) bond motifs is 2. The van der Waals surface area contributed by atoms with Gasteiger partial charge in [-0.1, -0.05) is 0 Å². The maximum absolute atomic E-state index is 11.8. The Hall–Kier alpha value is -2.67. The summed E-state index contributed by atoms with van der Waals surface area (Å²) in [4.78, 5) is 13.4. The lowest BCUT2D eigenvalue weighted by Gasteiger charge is -2.30. The Balaban J connectivity index is 0.00000245. The van der Waals surface area contributed by atoms with E-state index in [-0.39, 0.29) is 33.4 Å². The van der Waals surface area contributed by atoms with Crippen molar-refractivity contribution in [2.75, 3.05) is 39.4 Å². The number of rotatable bonds is 5. The van der Waals surface area contributed by atoms with Crippen molar-refractivity contribution in [1.82, 2.24) is 19.3 Å². The average Bonchev–Trinajstić information content (AvgIpc) is 3.25. The second-order valence-electron chi connectivity index (χ2n) is 7.23. The summed E-state index contributed by atoms with van der Waals surface area (Å²) in [5.41, 5.74) is 2.60. The van der Waals surface area contributed by atoms with Crippen molar-refractivity contribution in [3.63, 3.8) is 0 Å². The summed E-state index contributed by atoms with van der Waals surface area (Å²) >= 11 is 0. The molecule has 0 saturated carbocycles. The molecule has 10 nitrogen and oxygen atoms in total. The Morgan fingerprint density at radius 2 is 1.97 bits per heavy atom. The first-order valence-electron chi connectivity index (χ1n) is 9.69. The summed E-state index contributed by atoms with van der Waals surface area (Å²) in [6, 6.07) is 7.40. The maximum atomic E-state index is 11.8. The molecular weight excluding hydrogens is 456 g/mol. The third-order valence-corrected chi connectivity index (χ3v) is 6.34. The van der Waals surface area contributed by atoms with E-state index in [9.17, 15) is 8.42 Å². The van der Waals surface area contributed by atoms with Gasteiger partial charge >= 0.3 is 0 Å². The first-order valence-corrected chi connectivity index (χ1v) is 11.5. The van der Waals surface area contributed by atoms with Gasteiger partial charge < -0.3 is 18.9 Å². The van der Waals surface area contributed by atoms with Gasteiger partial charge in [0.05, 0.1) is 24.1 Å². The molecule has 12 heteroatoms. The molecule has 0 amide bonds. The smallest absolute Gasteiger partial charge is 0.242 e. The highest BCUT2D eigenvalue weighted by Crippen LogP contribution is 2.36. The molecule has 2 aliphatic heterocycles. The molecular formula is C20H22N4O6S2. The summed E-state index contributed by atoms with van der Waals surface area (Å²) in [7, 11) is -3.29. The molecule has 1 atom stereocenters. The number of aromatic nitrogens is 3. The van der Waals surface area contributed by atoms with E-state index in [0.29, 0.717) is 47.3 Å². The van der Waals surface area contributed by atoms with E-state index in [1.165, 1.54) is 10.6 Å². The molecule has 1 aromatic carbocycles. The van der Waals surface area contributed by atoms with Gasteiger partial charge in [0.2, 0.25) is 22.7 Å². The minimum Gasteiger partial charge on any atom is -0.473 e. The molecule has 4 heterocycles. The number of benzene rings is 1. The lowest BCUT2D eigenvalue weighted by atomic mass is 10.1. The Bertz CT molecular complexity index is 1240. The van der Waals surface area contributed by atoms with Crippen LogP contribution in [0, 0.1) is 0 Å². The summed E-state index contributed by atoms with van der Waals surface area (Å²) in [6.45, 7) is 1.20. The van der Waals surface area contributed by atoms with Crippen LogP contribution in [-0.2, 0) is 14.8 Å². The Kier molecular flexibility index (Phi) is 6.38. The quantitative estimate of drug-likeness (QED) is 0.539. The number of hydrogen-bond donors (Lipinski definition) is 0. The standard InChI is InChI=1S/C20H20N4O6S.H2S/c1-31(25,26)24-6-7-27-14(10-24)11-28-20-19-16(21-4-5-22-19)9-15(23-20)13-2-3-17-18(8-13)30-12-29-17;/h2-5,8-9,14H,6-7,10-12H2,1H3;1H2/t14-;/m0./s1. The highest BCUT2D eigenvalue weighted by molar-refractivity contribution is 7.88. The van der Waals surface area contributed by atoms with Crippen molar-refractivity contribution in [1.29, 1.82) is 0 Å². The van der Waals surface area contributed by atoms with Gasteiger partial charge in [0.1, 0.15) is 12.7 Å². The molecule has 3 aromatic rings. The SMILES string of the molecule is CS(=O)(=O)N1CCO[C@H](COc2nc(-c3ccc4c(c3)OCO4)cc3nccnc23)C1.S. The van der Waals surface area contributed by atoms with Crippen molar-refractivity contribution in [2.45, 2.75) is 6.10 Å². The Morgan fingerprint density at radius 3 is 2.81 bits per heavy atom. The van der Waals surface area contributed by atoms with Crippen LogP contribution >= 0.6 is 13.5 Å². The van der Waals surface area contributed by atoms with Crippen LogP contribution in [0.4, 0.5) is 0 Å². The van der Waals surface area contributed by atoms with E-state index in [0.717, 1.165) is 5.56 Å². The van der Waals surface area contributed by atoms with E-state index in [1.807, 2.05) is 24.3 Å². The molecule has 0 spiro atoms. The number of morpholine rings is 1. The zero-order chi connectivity index (χ0) is 21.4. The maximum Gasteiger partial charge on any atom is 0.242 e. The highest BCUT2D eigenvalue weighted by Gasteiger charge is 2.27. The van der Waals surface area contributed by atoms with Gasteiger partial charge in [-0.05, 0) is 24.3 Å². The van der Waals surface area contributed by atoms with Crippen LogP contribution in [0.5, 0.6) is 17.4 Å². The lowest BCUT2D eigenvalue weighted by molar-refractivity contribution is -0.0252. The lowest BCUT2D eigenvalue weighted by Crippen LogP contribution is -2.47. The van der Waals surface area contributed by atoms with Crippen LogP contribution in [0.25, 0.3) is 22.3 Å². The van der Waals surface area contributed by atoms with Crippen molar-refractivity contribution in [3.8, 4) is 28.6 Å². The van der Waals surface area contributed by atoms with Gasteiger partial charge in [-0.3, -0.25) is 4.98 Å². The van der Waals surface area contributed by atoms with Crippen LogP contribution in [0.2, 0.25) is 0 Å². The average molecular weight is 479 g/mol. The first-order chi connectivity index (χ1) is 15.0. The minimum atomic E-state index is -3.29. The van der Waals surface area contributed by atoms with Crippen LogP contribution < -0.4 is 14.2 Å². The van der Waals surface area contributed by atoms with Crippen molar-refractivity contribution in [2.24, 2.45) is 0 Å². The summed E-state index contributed by atoms with van der Waals surface area (Å²) in [6.07, 6.45) is 3.95. The number of nitrogens with zero attached hydrogens (tertiary/aromatic N) is 4. The second kappa shape index (κ2) is 9.06. The zero-order valence-electron chi connectivity index (χ0n) is 17.2. The van der Waals surface area contributed by atoms with Crippen molar-refractivity contribution >= 4 is 34.6 Å². The third-order valence-electron chi connectivity index (χ3n) is 5.07. The van der Waals surface area contributed by atoms with Gasteiger partial charge in [-0.2, -0.15) is 17.8 Å². The first kappa shape index (κ1) is 22.5. The molecule has 2 aliphatic rings. The van der Waals surface area contributed by atoms with E-state index < -0.39 is 16.1 Å². The van der Waals surface area contributed by atoms with Gasteiger partial charge in [0.25, 0.3) is 0 Å². The summed E-state index contributed by atoms with van der Waals surface area (Å²) in [5, 5.41) is 0. The fraction of sp³-hybridized carbons (Fsp3) is 0.350. The minimum absolute atomic E-state index is 0. The number of hydrogen-bond acceptors (Lipinski definition) is 9. The number of sulfonamides is 1. The third kappa shape index (κ3) is 4.58. The van der Waals surface area contributed by atoms with E-state index in [4.69, 9.17) is 18.9 Å². The molecule has 5 rings (SSSR count). The molecule has 170 valence electrons. The van der Waals surface area contributed by atoms with Crippen LogP contribution in [0.15, 0.2) is 36.7 Å². The van der Waals surface area contributed by atoms with Crippen LogP contribution in [0.3, 0.4) is 0 Å². The molecule has 0 radical (unpaired) electrons. The molecule has 0 unspecified atom stereocenters. The fourth-order valence-corrected chi connectivity index (χ4v) is 4.36. The fourth-order valence-electron chi connectivity index (χ4n) is 3.51. The second-order valence-corrected chi connectivity index (χ2v) is 9.21. The Labute approximate surface area is 192 Å². The molecule has 1 fully saturated rings. The zero-order valence-corrected chi connectivity index (χ0v) is 19.0. The monoisotopic (exact) mass is 478 g/mol. The van der Waals surface area contributed by atoms with Gasteiger partial charge in [0.15, 0.2) is 17.0 Å². The summed E-state index contributed by atoms with van der Waals surface area (Å²) < 4.78 is 47.5. The number of ether oxygens (including phenoxy) is 4. The van der Waals surface area contributed by atoms with Crippen molar-refractivity contribution < 1.29 is 27.4 Å².